The lowest BCUT2D eigenvalue weighted by molar-refractivity contribution is 0.651. The minimum absolute atomic E-state index is 1.00. The second-order valence-corrected chi connectivity index (χ2v) is 5.61. The zero-order valence-electron chi connectivity index (χ0n) is 12.9. The highest BCUT2D eigenvalue weighted by Gasteiger charge is 2.06. The van der Waals surface area contributed by atoms with Crippen LogP contribution in [0.25, 0.3) is 0 Å². The Morgan fingerprint density at radius 2 is 1.42 bits per heavy atom. The maximum absolute atomic E-state index is 6.17. The second kappa shape index (κ2) is 9.89. The molecule has 0 radical (unpaired) electrons. The molecule has 19 heavy (non-hydrogen) atoms. The van der Waals surface area contributed by atoms with Crippen LogP contribution >= 0.6 is 0 Å². The van der Waals surface area contributed by atoms with Crippen molar-refractivity contribution in [3.05, 3.63) is 29.3 Å². The van der Waals surface area contributed by atoms with Gasteiger partial charge in [0.05, 0.1) is 0 Å². The van der Waals surface area contributed by atoms with E-state index in [1.54, 1.807) is 0 Å². The first-order valence-corrected chi connectivity index (χ1v) is 8.15. The van der Waals surface area contributed by atoms with Gasteiger partial charge in [0.15, 0.2) is 0 Å². The SMILES string of the molecule is CCCCCCc1cccc(N)c1CCCCCC. The Balaban J connectivity index is 2.51. The largest absolute Gasteiger partial charge is 0.398 e. The summed E-state index contributed by atoms with van der Waals surface area (Å²) in [6.45, 7) is 4.52. The van der Waals surface area contributed by atoms with Crippen LogP contribution in [0.3, 0.4) is 0 Å². The van der Waals surface area contributed by atoms with E-state index in [4.69, 9.17) is 5.73 Å². The molecule has 0 unspecified atom stereocenters. The van der Waals surface area contributed by atoms with Crippen molar-refractivity contribution in [3.8, 4) is 0 Å². The van der Waals surface area contributed by atoms with Crippen molar-refractivity contribution in [1.29, 1.82) is 0 Å². The van der Waals surface area contributed by atoms with E-state index in [0.29, 0.717) is 0 Å². The van der Waals surface area contributed by atoms with Gasteiger partial charge in [0, 0.05) is 5.69 Å². The van der Waals surface area contributed by atoms with E-state index in [2.05, 4.69) is 32.0 Å². The Hall–Kier alpha value is -0.980. The van der Waals surface area contributed by atoms with Crippen molar-refractivity contribution in [2.24, 2.45) is 0 Å². The highest BCUT2D eigenvalue weighted by Crippen LogP contribution is 2.22. The molecule has 0 amide bonds. The first-order valence-electron chi connectivity index (χ1n) is 8.15. The maximum Gasteiger partial charge on any atom is 0.0349 e. The fraction of sp³-hybridized carbons (Fsp3) is 0.667. The van der Waals surface area contributed by atoms with Crippen LogP contribution < -0.4 is 5.73 Å². The van der Waals surface area contributed by atoms with Crippen molar-refractivity contribution < 1.29 is 0 Å². The number of unbranched alkanes of at least 4 members (excludes halogenated alkanes) is 6. The molecule has 2 N–H and O–H groups in total. The van der Waals surface area contributed by atoms with Crippen LogP contribution in [0.2, 0.25) is 0 Å². The molecule has 108 valence electrons. The molecule has 0 bridgehead atoms. The molecule has 0 spiro atoms. The summed E-state index contributed by atoms with van der Waals surface area (Å²) in [6, 6.07) is 6.45. The second-order valence-electron chi connectivity index (χ2n) is 5.61. The lowest BCUT2D eigenvalue weighted by Gasteiger charge is -2.12. The Kier molecular flexibility index (Phi) is 8.36. The molecule has 0 heterocycles. The fourth-order valence-electron chi connectivity index (χ4n) is 2.66. The third-order valence-electron chi connectivity index (χ3n) is 3.89. The van der Waals surface area contributed by atoms with Gasteiger partial charge in [0.2, 0.25) is 0 Å². The smallest absolute Gasteiger partial charge is 0.0349 e. The topological polar surface area (TPSA) is 26.0 Å². The van der Waals surface area contributed by atoms with Crippen LogP contribution in [-0.2, 0) is 12.8 Å². The highest BCUT2D eigenvalue weighted by atomic mass is 14.6. The van der Waals surface area contributed by atoms with E-state index in [0.717, 1.165) is 12.1 Å². The molecule has 1 aromatic rings. The van der Waals surface area contributed by atoms with E-state index < -0.39 is 0 Å². The van der Waals surface area contributed by atoms with Crippen molar-refractivity contribution in [2.45, 2.75) is 78.1 Å². The molecule has 0 aliphatic carbocycles. The van der Waals surface area contributed by atoms with Gasteiger partial charge in [-0.05, 0) is 42.9 Å². The van der Waals surface area contributed by atoms with Gasteiger partial charge in [-0.25, -0.2) is 0 Å². The van der Waals surface area contributed by atoms with E-state index in [1.165, 1.54) is 68.9 Å². The van der Waals surface area contributed by atoms with Crippen LogP contribution in [0.15, 0.2) is 18.2 Å². The summed E-state index contributed by atoms with van der Waals surface area (Å²) in [5.41, 5.74) is 10.1. The van der Waals surface area contributed by atoms with E-state index in [1.807, 2.05) is 0 Å². The summed E-state index contributed by atoms with van der Waals surface area (Å²) in [5, 5.41) is 0. The van der Waals surface area contributed by atoms with Gasteiger partial charge in [-0.15, -0.1) is 0 Å². The molecular formula is C18H31N. The van der Waals surface area contributed by atoms with Gasteiger partial charge in [-0.3, -0.25) is 0 Å². The monoisotopic (exact) mass is 261 g/mol. The zero-order chi connectivity index (χ0) is 13.9. The molecule has 1 rings (SSSR count). The molecule has 0 aromatic heterocycles. The summed E-state index contributed by atoms with van der Waals surface area (Å²) in [4.78, 5) is 0. The number of aryl methyl sites for hydroxylation is 1. The zero-order valence-corrected chi connectivity index (χ0v) is 12.9. The van der Waals surface area contributed by atoms with Crippen LogP contribution in [0.4, 0.5) is 5.69 Å². The number of rotatable bonds is 10. The number of nitrogen functional groups attached to an aromatic ring is 1. The predicted molar refractivity (Wildman–Crippen MR) is 86.5 cm³/mol. The quantitative estimate of drug-likeness (QED) is 0.436. The minimum atomic E-state index is 1.00. The van der Waals surface area contributed by atoms with Gasteiger partial charge in [0.25, 0.3) is 0 Å². The van der Waals surface area contributed by atoms with Crippen LogP contribution in [-0.4, -0.2) is 0 Å². The van der Waals surface area contributed by atoms with E-state index >= 15 is 0 Å². The number of hydrogen-bond acceptors (Lipinski definition) is 1. The lowest BCUT2D eigenvalue weighted by atomic mass is 9.95. The molecule has 1 aromatic carbocycles. The van der Waals surface area contributed by atoms with Crippen molar-refractivity contribution in [2.75, 3.05) is 5.73 Å². The third-order valence-corrected chi connectivity index (χ3v) is 3.89. The molecule has 1 nitrogen and oxygen atoms in total. The first-order chi connectivity index (χ1) is 9.29. The average Bonchev–Trinajstić information content (AvgIpc) is 2.42. The Morgan fingerprint density at radius 1 is 0.789 bits per heavy atom. The summed E-state index contributed by atoms with van der Waals surface area (Å²) in [5.74, 6) is 0. The molecular weight excluding hydrogens is 230 g/mol. The molecule has 1 heteroatoms. The average molecular weight is 261 g/mol. The minimum Gasteiger partial charge on any atom is -0.398 e. The number of benzene rings is 1. The van der Waals surface area contributed by atoms with E-state index in [-0.39, 0.29) is 0 Å². The predicted octanol–water partition coefficient (Wildman–Crippen LogP) is 5.51. The van der Waals surface area contributed by atoms with Crippen molar-refractivity contribution in [3.63, 3.8) is 0 Å². The Labute approximate surface area is 119 Å². The molecule has 0 atom stereocenters. The summed E-state index contributed by atoms with van der Waals surface area (Å²) < 4.78 is 0. The summed E-state index contributed by atoms with van der Waals surface area (Å²) in [6.07, 6.45) is 12.9. The van der Waals surface area contributed by atoms with Gasteiger partial charge < -0.3 is 5.73 Å². The van der Waals surface area contributed by atoms with Crippen molar-refractivity contribution in [1.82, 2.24) is 0 Å². The standard InChI is InChI=1S/C18H31N/c1-3-5-7-9-12-16-13-11-15-18(19)17(16)14-10-8-6-4-2/h11,13,15H,3-10,12,14,19H2,1-2H3. The van der Waals surface area contributed by atoms with Gasteiger partial charge in [-0.1, -0.05) is 64.5 Å². The maximum atomic E-state index is 6.17. The summed E-state index contributed by atoms with van der Waals surface area (Å²) in [7, 11) is 0. The third kappa shape index (κ3) is 6.13. The van der Waals surface area contributed by atoms with Crippen molar-refractivity contribution >= 4 is 5.69 Å². The van der Waals surface area contributed by atoms with Crippen LogP contribution in [0.1, 0.15) is 76.3 Å². The Morgan fingerprint density at radius 3 is 2.05 bits per heavy atom. The molecule has 0 fully saturated rings. The van der Waals surface area contributed by atoms with Gasteiger partial charge in [0.1, 0.15) is 0 Å². The van der Waals surface area contributed by atoms with E-state index in [9.17, 15) is 0 Å². The summed E-state index contributed by atoms with van der Waals surface area (Å²) >= 11 is 0. The highest BCUT2D eigenvalue weighted by molar-refractivity contribution is 5.51. The number of anilines is 1. The number of hydrogen-bond donors (Lipinski definition) is 1. The molecule has 0 saturated heterocycles. The first kappa shape index (κ1) is 16.1. The molecule has 0 aliphatic rings. The normalized spacial score (nSPS) is 10.8. The molecule has 0 aliphatic heterocycles. The van der Waals surface area contributed by atoms with Crippen LogP contribution in [0.5, 0.6) is 0 Å². The number of nitrogens with two attached hydrogens (primary N) is 1. The van der Waals surface area contributed by atoms with Crippen LogP contribution in [0, 0.1) is 0 Å². The van der Waals surface area contributed by atoms with Gasteiger partial charge >= 0.3 is 0 Å². The fourth-order valence-corrected chi connectivity index (χ4v) is 2.66. The lowest BCUT2D eigenvalue weighted by Crippen LogP contribution is -2.01. The molecule has 0 saturated carbocycles. The Bertz CT molecular complexity index is 344. The van der Waals surface area contributed by atoms with Gasteiger partial charge in [-0.2, -0.15) is 0 Å².